The van der Waals surface area contributed by atoms with E-state index in [1.54, 1.807) is 6.07 Å². The van der Waals surface area contributed by atoms with Crippen LogP contribution in [0.15, 0.2) is 34.3 Å². The molecule has 9 heteroatoms. The fourth-order valence-corrected chi connectivity index (χ4v) is 1.71. The standard InChI is InChI=1S/C8H9N3O3S2.Na/c9-8(15)11-10-5-6-3-1-2-4-7(6)16(12,13)14;/h1-5H,(H3,9,11,15)(H,12,13,14);. The molecule has 1 aromatic rings. The molecule has 1 rings (SSSR count). The summed E-state index contributed by atoms with van der Waals surface area (Å²) in [5.41, 5.74) is 7.62. The van der Waals surface area contributed by atoms with Crippen LogP contribution in [0.2, 0.25) is 0 Å². The molecule has 0 aliphatic carbocycles. The molecular weight excluding hydrogens is 273 g/mol. The van der Waals surface area contributed by atoms with Gasteiger partial charge >= 0.3 is 0 Å². The molecule has 1 radical (unpaired) electrons. The number of thiocarbonyl (C=S) groups is 1. The zero-order valence-corrected chi connectivity index (χ0v) is 12.6. The monoisotopic (exact) mass is 282 g/mol. The smallest absolute Gasteiger partial charge is 0.295 e. The predicted octanol–water partition coefficient (Wildman–Crippen LogP) is -0.280. The molecule has 6 nitrogen and oxygen atoms in total. The molecule has 0 fully saturated rings. The molecule has 0 aliphatic rings. The van der Waals surface area contributed by atoms with Crippen molar-refractivity contribution in [1.82, 2.24) is 5.43 Å². The Kier molecular flexibility index (Phi) is 6.83. The van der Waals surface area contributed by atoms with Gasteiger partial charge in [-0.2, -0.15) is 13.5 Å². The second-order valence-electron chi connectivity index (χ2n) is 2.75. The first-order chi connectivity index (χ1) is 7.41. The Labute approximate surface area is 126 Å². The van der Waals surface area contributed by atoms with Gasteiger partial charge in [0.05, 0.1) is 6.21 Å². The average Bonchev–Trinajstić information content (AvgIpc) is 2.16. The summed E-state index contributed by atoms with van der Waals surface area (Å²) >= 11 is 4.50. The van der Waals surface area contributed by atoms with Crippen molar-refractivity contribution in [3.05, 3.63) is 29.8 Å². The number of hydrogen-bond donors (Lipinski definition) is 3. The van der Waals surface area contributed by atoms with Crippen molar-refractivity contribution in [3.63, 3.8) is 0 Å². The predicted molar refractivity (Wildman–Crippen MR) is 69.5 cm³/mol. The summed E-state index contributed by atoms with van der Waals surface area (Å²) in [4.78, 5) is -0.233. The van der Waals surface area contributed by atoms with Crippen molar-refractivity contribution in [2.75, 3.05) is 0 Å². The molecule has 4 N–H and O–H groups in total. The average molecular weight is 282 g/mol. The maximum absolute atomic E-state index is 11.0. The molecule has 0 saturated heterocycles. The summed E-state index contributed by atoms with van der Waals surface area (Å²) < 4.78 is 30.9. The molecule has 0 atom stereocenters. The minimum Gasteiger partial charge on any atom is -0.375 e. The third-order valence-corrected chi connectivity index (χ3v) is 2.59. The number of nitrogens with zero attached hydrogens (tertiary/aromatic N) is 1. The number of hydrazone groups is 1. The van der Waals surface area contributed by atoms with E-state index in [0.29, 0.717) is 0 Å². The van der Waals surface area contributed by atoms with Crippen molar-refractivity contribution < 1.29 is 13.0 Å². The molecule has 0 unspecified atom stereocenters. The van der Waals surface area contributed by atoms with Crippen LogP contribution < -0.4 is 11.2 Å². The Hall–Kier alpha value is -0.510. The molecule has 0 spiro atoms. The number of nitrogens with two attached hydrogens (primary N) is 1. The maximum atomic E-state index is 11.0. The van der Waals surface area contributed by atoms with E-state index in [1.807, 2.05) is 0 Å². The topological polar surface area (TPSA) is 105 Å². The molecular formula is C8H9N3NaO3S2. The second kappa shape index (κ2) is 7.04. The Morgan fingerprint density at radius 1 is 1.47 bits per heavy atom. The minimum absolute atomic E-state index is 0. The van der Waals surface area contributed by atoms with Gasteiger partial charge in [-0.15, -0.1) is 0 Å². The molecule has 0 amide bonds. The van der Waals surface area contributed by atoms with Gasteiger partial charge < -0.3 is 5.73 Å². The summed E-state index contributed by atoms with van der Waals surface area (Å²) in [6, 6.07) is 5.84. The van der Waals surface area contributed by atoms with E-state index >= 15 is 0 Å². The van der Waals surface area contributed by atoms with Crippen molar-refractivity contribution in [3.8, 4) is 0 Å². The van der Waals surface area contributed by atoms with Gasteiger partial charge in [0.15, 0.2) is 5.11 Å². The first kappa shape index (κ1) is 16.5. The van der Waals surface area contributed by atoms with Gasteiger partial charge in [0, 0.05) is 35.1 Å². The van der Waals surface area contributed by atoms with Crippen LogP contribution in [-0.2, 0) is 10.1 Å². The van der Waals surface area contributed by atoms with Gasteiger partial charge in [-0.1, -0.05) is 18.2 Å². The van der Waals surface area contributed by atoms with Crippen LogP contribution in [0.4, 0.5) is 0 Å². The third-order valence-electron chi connectivity index (χ3n) is 1.58. The first-order valence-electron chi connectivity index (χ1n) is 4.06. The number of nitrogens with one attached hydrogen (secondary N) is 1. The molecule has 0 saturated carbocycles. The van der Waals surface area contributed by atoms with Crippen molar-refractivity contribution in [2.45, 2.75) is 4.90 Å². The molecule has 87 valence electrons. The first-order valence-corrected chi connectivity index (χ1v) is 5.91. The quantitative estimate of drug-likeness (QED) is 0.231. The van der Waals surface area contributed by atoms with Gasteiger partial charge in [0.2, 0.25) is 0 Å². The van der Waals surface area contributed by atoms with Gasteiger partial charge in [0.1, 0.15) is 4.90 Å². The summed E-state index contributed by atoms with van der Waals surface area (Å²) in [5, 5.41) is 3.56. The number of hydrogen-bond acceptors (Lipinski definition) is 4. The van der Waals surface area contributed by atoms with E-state index in [2.05, 4.69) is 22.7 Å². The van der Waals surface area contributed by atoms with Crippen LogP contribution >= 0.6 is 12.2 Å². The normalized spacial score (nSPS) is 10.9. The van der Waals surface area contributed by atoms with E-state index in [-0.39, 0.29) is 45.1 Å². The van der Waals surface area contributed by atoms with Gasteiger partial charge in [-0.05, 0) is 18.3 Å². The minimum atomic E-state index is -4.27. The van der Waals surface area contributed by atoms with Crippen LogP contribution in [-0.4, -0.2) is 53.9 Å². The number of rotatable bonds is 3. The van der Waals surface area contributed by atoms with Crippen LogP contribution in [0.1, 0.15) is 5.56 Å². The molecule has 17 heavy (non-hydrogen) atoms. The number of benzene rings is 1. The second-order valence-corrected chi connectivity index (χ2v) is 4.58. The molecule has 0 aromatic heterocycles. The van der Waals surface area contributed by atoms with Gasteiger partial charge in [0.25, 0.3) is 10.1 Å². The molecule has 0 bridgehead atoms. The molecule has 0 aliphatic heterocycles. The Morgan fingerprint density at radius 2 is 2.06 bits per heavy atom. The van der Waals surface area contributed by atoms with Crippen LogP contribution in [0, 0.1) is 0 Å². The van der Waals surface area contributed by atoms with E-state index in [1.165, 1.54) is 24.4 Å². The molecule has 1 aromatic carbocycles. The maximum Gasteiger partial charge on any atom is 0.295 e. The van der Waals surface area contributed by atoms with Gasteiger partial charge in [-0.25, -0.2) is 0 Å². The zero-order valence-electron chi connectivity index (χ0n) is 8.99. The summed E-state index contributed by atoms with van der Waals surface area (Å²) in [5.74, 6) is 0. The van der Waals surface area contributed by atoms with E-state index in [4.69, 9.17) is 10.3 Å². The Morgan fingerprint density at radius 3 is 2.59 bits per heavy atom. The van der Waals surface area contributed by atoms with E-state index in [9.17, 15) is 8.42 Å². The fraction of sp³-hybridized carbons (Fsp3) is 0. The van der Waals surface area contributed by atoms with Gasteiger partial charge in [-0.3, -0.25) is 9.98 Å². The van der Waals surface area contributed by atoms with Crippen molar-refractivity contribution in [1.29, 1.82) is 0 Å². The van der Waals surface area contributed by atoms with Crippen LogP contribution in [0.3, 0.4) is 0 Å². The summed E-state index contributed by atoms with van der Waals surface area (Å²) in [7, 11) is -4.27. The van der Waals surface area contributed by atoms with Crippen LogP contribution in [0.25, 0.3) is 0 Å². The Balaban J connectivity index is 0.00000256. The zero-order chi connectivity index (χ0) is 12.2. The third kappa shape index (κ3) is 5.57. The van der Waals surface area contributed by atoms with Crippen molar-refractivity contribution >= 4 is 63.2 Å². The molecule has 0 heterocycles. The van der Waals surface area contributed by atoms with E-state index in [0.717, 1.165) is 0 Å². The largest absolute Gasteiger partial charge is 0.375 e. The summed E-state index contributed by atoms with van der Waals surface area (Å²) in [6.07, 6.45) is 1.20. The Bertz CT molecular complexity index is 531. The van der Waals surface area contributed by atoms with Crippen LogP contribution in [0.5, 0.6) is 0 Å². The summed E-state index contributed by atoms with van der Waals surface area (Å²) in [6.45, 7) is 0. The van der Waals surface area contributed by atoms with E-state index < -0.39 is 10.1 Å². The SMILES string of the molecule is NC(=S)NN=Cc1ccccc1S(=O)(=O)O.[Na]. The van der Waals surface area contributed by atoms with Crippen molar-refractivity contribution in [2.24, 2.45) is 10.8 Å². The fourth-order valence-electron chi connectivity index (χ4n) is 0.988.